The number of nitrogens with two attached hydrogens (primary N) is 1. The average Bonchev–Trinajstić information content (AvgIpc) is 2.38. The molecule has 0 fully saturated rings. The van der Waals surface area contributed by atoms with Crippen molar-refractivity contribution in [3.63, 3.8) is 0 Å². The summed E-state index contributed by atoms with van der Waals surface area (Å²) in [4.78, 5) is 34.8. The van der Waals surface area contributed by atoms with Gasteiger partial charge in [0.15, 0.2) is 0 Å². The molecule has 0 bridgehead atoms. The van der Waals surface area contributed by atoms with E-state index in [1.54, 1.807) is 0 Å². The maximum Gasteiger partial charge on any atom is 0.326 e. The number of rotatable bonds is 6. The van der Waals surface area contributed by atoms with Gasteiger partial charge in [0, 0.05) is 13.6 Å². The Labute approximate surface area is 116 Å². The molecule has 0 saturated carbocycles. The highest BCUT2D eigenvalue weighted by atomic mass is 16.4. The third-order valence-corrected chi connectivity index (χ3v) is 2.61. The van der Waals surface area contributed by atoms with Crippen molar-refractivity contribution >= 4 is 17.9 Å². The van der Waals surface area contributed by atoms with Crippen LogP contribution in [0.25, 0.3) is 0 Å². The Morgan fingerprint density at radius 2 is 1.90 bits per heavy atom. The molecule has 0 aliphatic rings. The van der Waals surface area contributed by atoms with Crippen molar-refractivity contribution in [1.29, 1.82) is 0 Å². The monoisotopic (exact) mass is 279 g/mol. The Kier molecular flexibility index (Phi) is 5.52. The summed E-state index contributed by atoms with van der Waals surface area (Å²) in [7, 11) is 1.53. The van der Waals surface area contributed by atoms with Crippen LogP contribution in [-0.2, 0) is 16.1 Å². The predicted octanol–water partition coefficient (Wildman–Crippen LogP) is 0.157. The molecule has 0 spiro atoms. The molecule has 0 aromatic heterocycles. The summed E-state index contributed by atoms with van der Waals surface area (Å²) in [5, 5.41) is 11.2. The topological polar surface area (TPSA) is 113 Å². The number of carboxylic acids is 1. The van der Waals surface area contributed by atoms with E-state index in [1.165, 1.54) is 11.9 Å². The van der Waals surface area contributed by atoms with Crippen molar-refractivity contribution in [1.82, 2.24) is 10.2 Å². The van der Waals surface area contributed by atoms with Gasteiger partial charge in [-0.05, 0) is 5.56 Å². The summed E-state index contributed by atoms with van der Waals surface area (Å²) in [5.41, 5.74) is 5.85. The van der Waals surface area contributed by atoms with E-state index in [1.807, 2.05) is 30.3 Å². The Bertz CT molecular complexity index is 490. The van der Waals surface area contributed by atoms with E-state index in [9.17, 15) is 14.4 Å². The quantitative estimate of drug-likeness (QED) is 0.688. The van der Waals surface area contributed by atoms with Crippen molar-refractivity contribution in [2.45, 2.75) is 19.0 Å². The van der Waals surface area contributed by atoms with Gasteiger partial charge in [0.05, 0.1) is 6.42 Å². The summed E-state index contributed by atoms with van der Waals surface area (Å²) >= 11 is 0. The lowest BCUT2D eigenvalue weighted by Gasteiger charge is -2.21. The molecule has 3 amide bonds. The Morgan fingerprint density at radius 3 is 2.40 bits per heavy atom. The summed E-state index contributed by atoms with van der Waals surface area (Å²) in [6.45, 7) is 0.329. The maximum atomic E-state index is 11.8. The van der Waals surface area contributed by atoms with Gasteiger partial charge in [-0.15, -0.1) is 0 Å². The van der Waals surface area contributed by atoms with Crippen molar-refractivity contribution in [2.75, 3.05) is 7.05 Å². The zero-order valence-electron chi connectivity index (χ0n) is 11.1. The lowest BCUT2D eigenvalue weighted by Crippen LogP contribution is -2.48. The van der Waals surface area contributed by atoms with Crippen molar-refractivity contribution < 1.29 is 19.5 Å². The van der Waals surface area contributed by atoms with E-state index in [2.05, 4.69) is 5.32 Å². The smallest absolute Gasteiger partial charge is 0.326 e. The minimum atomic E-state index is -1.32. The number of nitrogens with zero attached hydrogens (tertiary/aromatic N) is 1. The molecular weight excluding hydrogens is 262 g/mol. The fourth-order valence-corrected chi connectivity index (χ4v) is 1.59. The first-order valence-corrected chi connectivity index (χ1v) is 5.97. The molecule has 7 nitrogen and oxygen atoms in total. The second kappa shape index (κ2) is 7.13. The van der Waals surface area contributed by atoms with Gasteiger partial charge in [0.2, 0.25) is 5.91 Å². The fourth-order valence-electron chi connectivity index (χ4n) is 1.59. The van der Waals surface area contributed by atoms with Crippen LogP contribution >= 0.6 is 0 Å². The molecule has 0 heterocycles. The number of aliphatic carboxylic acids is 1. The van der Waals surface area contributed by atoms with Crippen LogP contribution in [0.15, 0.2) is 30.3 Å². The molecule has 0 saturated heterocycles. The van der Waals surface area contributed by atoms with E-state index in [-0.39, 0.29) is 0 Å². The average molecular weight is 279 g/mol. The summed E-state index contributed by atoms with van der Waals surface area (Å²) in [6, 6.07) is 7.34. The molecule has 20 heavy (non-hydrogen) atoms. The van der Waals surface area contributed by atoms with E-state index >= 15 is 0 Å². The summed E-state index contributed by atoms with van der Waals surface area (Å²) in [5.74, 6) is -2.09. The number of carboxylic acid groups (broad SMARTS) is 1. The molecule has 1 aromatic carbocycles. The Morgan fingerprint density at radius 1 is 1.30 bits per heavy atom. The van der Waals surface area contributed by atoms with Crippen LogP contribution in [0.4, 0.5) is 4.79 Å². The van der Waals surface area contributed by atoms with Crippen LogP contribution < -0.4 is 11.1 Å². The molecule has 4 N–H and O–H groups in total. The van der Waals surface area contributed by atoms with Gasteiger partial charge in [0.1, 0.15) is 6.04 Å². The normalized spacial score (nSPS) is 11.4. The number of hydrogen-bond acceptors (Lipinski definition) is 3. The van der Waals surface area contributed by atoms with E-state index in [0.717, 1.165) is 5.56 Å². The lowest BCUT2D eigenvalue weighted by atomic mass is 10.2. The summed E-state index contributed by atoms with van der Waals surface area (Å²) in [6.07, 6.45) is -0.444. The number of carbonyl (C=O) groups excluding carboxylic acids is 2. The SMILES string of the molecule is CN(Cc1ccccc1)C(=O)NC(CC(N)=O)C(=O)O. The Hall–Kier alpha value is -2.57. The Balaban J connectivity index is 2.59. The van der Waals surface area contributed by atoms with Crippen molar-refractivity contribution in [2.24, 2.45) is 5.73 Å². The van der Waals surface area contributed by atoms with E-state index < -0.39 is 30.4 Å². The van der Waals surface area contributed by atoms with E-state index in [4.69, 9.17) is 10.8 Å². The zero-order valence-corrected chi connectivity index (χ0v) is 11.1. The van der Waals surface area contributed by atoms with Crippen LogP contribution in [-0.4, -0.2) is 41.0 Å². The van der Waals surface area contributed by atoms with Gasteiger partial charge in [-0.3, -0.25) is 4.79 Å². The molecule has 108 valence electrons. The minimum Gasteiger partial charge on any atom is -0.480 e. The number of benzene rings is 1. The van der Waals surface area contributed by atoms with Gasteiger partial charge < -0.3 is 21.1 Å². The first-order valence-electron chi connectivity index (χ1n) is 5.97. The predicted molar refractivity (Wildman–Crippen MR) is 71.7 cm³/mol. The number of hydrogen-bond donors (Lipinski definition) is 3. The van der Waals surface area contributed by atoms with Gasteiger partial charge in [0.25, 0.3) is 0 Å². The van der Waals surface area contributed by atoms with Gasteiger partial charge in [-0.2, -0.15) is 0 Å². The zero-order chi connectivity index (χ0) is 15.1. The van der Waals surface area contributed by atoms with Crippen molar-refractivity contribution in [3.05, 3.63) is 35.9 Å². The van der Waals surface area contributed by atoms with Crippen LogP contribution in [0.5, 0.6) is 0 Å². The van der Waals surface area contributed by atoms with Crippen molar-refractivity contribution in [3.8, 4) is 0 Å². The van der Waals surface area contributed by atoms with Gasteiger partial charge >= 0.3 is 12.0 Å². The molecule has 1 atom stereocenters. The van der Waals surface area contributed by atoms with Crippen LogP contribution in [0.2, 0.25) is 0 Å². The fraction of sp³-hybridized carbons (Fsp3) is 0.308. The highest BCUT2D eigenvalue weighted by Gasteiger charge is 2.23. The minimum absolute atomic E-state index is 0.329. The largest absolute Gasteiger partial charge is 0.480 e. The number of carbonyl (C=O) groups is 3. The highest BCUT2D eigenvalue weighted by Crippen LogP contribution is 2.03. The molecular formula is C13H17N3O4. The second-order valence-corrected chi connectivity index (χ2v) is 4.35. The molecule has 1 rings (SSSR count). The maximum absolute atomic E-state index is 11.8. The van der Waals surface area contributed by atoms with Crippen LogP contribution in [0.1, 0.15) is 12.0 Å². The molecule has 0 radical (unpaired) electrons. The number of urea groups is 1. The highest BCUT2D eigenvalue weighted by molar-refractivity contribution is 5.87. The summed E-state index contributed by atoms with van der Waals surface area (Å²) < 4.78 is 0. The molecule has 0 aliphatic heterocycles. The molecule has 1 aromatic rings. The molecule has 1 unspecified atom stereocenters. The van der Waals surface area contributed by atoms with Gasteiger partial charge in [-0.25, -0.2) is 9.59 Å². The number of amides is 3. The van der Waals surface area contributed by atoms with Crippen LogP contribution in [0, 0.1) is 0 Å². The third kappa shape index (κ3) is 4.97. The second-order valence-electron chi connectivity index (χ2n) is 4.35. The standard InChI is InChI=1S/C13H17N3O4/c1-16(8-9-5-3-2-4-6-9)13(20)15-10(12(18)19)7-11(14)17/h2-6,10H,7-8H2,1H3,(H2,14,17)(H,15,20)(H,18,19). The van der Waals surface area contributed by atoms with E-state index in [0.29, 0.717) is 6.54 Å². The number of nitrogens with one attached hydrogen (secondary N) is 1. The van der Waals surface area contributed by atoms with Gasteiger partial charge in [-0.1, -0.05) is 30.3 Å². The third-order valence-electron chi connectivity index (χ3n) is 2.61. The number of primary amides is 1. The first kappa shape index (κ1) is 15.5. The molecule has 0 aliphatic carbocycles. The lowest BCUT2D eigenvalue weighted by molar-refractivity contribution is -0.140. The van der Waals surface area contributed by atoms with Crippen LogP contribution in [0.3, 0.4) is 0 Å². The first-order chi connectivity index (χ1) is 9.40. The molecule has 7 heteroatoms.